The zero-order valence-corrected chi connectivity index (χ0v) is 15.2. The first kappa shape index (κ1) is 17.5. The number of nitrogens with zero attached hydrogens (tertiary/aromatic N) is 2. The van der Waals surface area contributed by atoms with Gasteiger partial charge >= 0.3 is 0 Å². The number of fused-ring (bicyclic) bond motifs is 1. The van der Waals surface area contributed by atoms with Crippen LogP contribution in [-0.4, -0.2) is 61.3 Å². The van der Waals surface area contributed by atoms with E-state index in [1.165, 1.54) is 0 Å². The average molecular weight is 358 g/mol. The Morgan fingerprint density at radius 3 is 2.62 bits per heavy atom. The minimum atomic E-state index is -0.539. The average Bonchev–Trinajstić information content (AvgIpc) is 2.69. The van der Waals surface area contributed by atoms with Crippen LogP contribution in [0, 0.1) is 5.92 Å². The number of benzene rings is 1. The normalized spacial score (nSPS) is 30.2. The molecule has 0 radical (unpaired) electrons. The minimum Gasteiger partial charge on any atom is -0.381 e. The summed E-state index contributed by atoms with van der Waals surface area (Å²) >= 11 is 0. The molecule has 0 spiro atoms. The van der Waals surface area contributed by atoms with Crippen LogP contribution in [0.5, 0.6) is 0 Å². The smallest absolute Gasteiger partial charge is 0.253 e. The van der Waals surface area contributed by atoms with Gasteiger partial charge in [-0.05, 0) is 38.3 Å². The van der Waals surface area contributed by atoms with E-state index in [1.54, 1.807) is 0 Å². The summed E-state index contributed by atoms with van der Waals surface area (Å²) in [4.78, 5) is 29.3. The summed E-state index contributed by atoms with van der Waals surface area (Å²) in [5.74, 6) is 0.252. The van der Waals surface area contributed by atoms with Gasteiger partial charge in [-0.3, -0.25) is 9.59 Å². The molecule has 0 saturated carbocycles. The van der Waals surface area contributed by atoms with Crippen LogP contribution in [0.1, 0.15) is 26.2 Å². The summed E-state index contributed by atoms with van der Waals surface area (Å²) in [5.41, 5.74) is 0.365. The van der Waals surface area contributed by atoms with E-state index in [4.69, 9.17) is 9.47 Å². The fourth-order valence-electron chi connectivity index (χ4n) is 4.46. The number of carbonyl (C=O) groups excluding carboxylic acids is 2. The third-order valence-corrected chi connectivity index (χ3v) is 5.90. The number of ether oxygens (including phenoxy) is 2. The maximum Gasteiger partial charge on any atom is 0.253 e. The standard InChI is InChI=1S/C20H26N2O4/c1-20-14-21(19(24)15-8-11-25-12-9-15)10-7-17(20)22(18(23)13-26-20)16-5-3-2-4-6-16/h2-6,15,17H,7-14H2,1H3/t17-,20-/m1/s1. The highest BCUT2D eigenvalue weighted by atomic mass is 16.5. The van der Waals surface area contributed by atoms with Gasteiger partial charge in [0.2, 0.25) is 5.91 Å². The van der Waals surface area contributed by atoms with E-state index < -0.39 is 5.60 Å². The van der Waals surface area contributed by atoms with Crippen molar-refractivity contribution in [3.63, 3.8) is 0 Å². The van der Waals surface area contributed by atoms with Gasteiger partial charge in [0.25, 0.3) is 5.91 Å². The Morgan fingerprint density at radius 1 is 1.15 bits per heavy atom. The van der Waals surface area contributed by atoms with Crippen LogP contribution < -0.4 is 4.90 Å². The number of hydrogen-bond donors (Lipinski definition) is 0. The van der Waals surface area contributed by atoms with Gasteiger partial charge in [-0.1, -0.05) is 18.2 Å². The van der Waals surface area contributed by atoms with Crippen LogP contribution in [-0.2, 0) is 19.1 Å². The van der Waals surface area contributed by atoms with E-state index >= 15 is 0 Å². The second-order valence-electron chi connectivity index (χ2n) is 7.65. The van der Waals surface area contributed by atoms with E-state index in [1.807, 2.05) is 47.1 Å². The molecule has 3 aliphatic heterocycles. The zero-order valence-electron chi connectivity index (χ0n) is 15.2. The summed E-state index contributed by atoms with van der Waals surface area (Å²) in [6.07, 6.45) is 2.32. The molecule has 2 atom stereocenters. The molecule has 6 heteroatoms. The highest BCUT2D eigenvalue weighted by Crippen LogP contribution is 2.36. The number of anilines is 1. The number of morpholine rings is 1. The Balaban J connectivity index is 1.53. The molecule has 3 aliphatic rings. The number of carbonyl (C=O) groups is 2. The molecule has 0 N–H and O–H groups in total. The van der Waals surface area contributed by atoms with E-state index in [-0.39, 0.29) is 30.4 Å². The third kappa shape index (κ3) is 3.12. The third-order valence-electron chi connectivity index (χ3n) is 5.90. The lowest BCUT2D eigenvalue weighted by atomic mass is 9.84. The molecule has 6 nitrogen and oxygen atoms in total. The van der Waals surface area contributed by atoms with Crippen LogP contribution in [0.4, 0.5) is 5.69 Å². The topological polar surface area (TPSA) is 59.1 Å². The Bertz CT molecular complexity index is 674. The molecule has 2 amide bonds. The summed E-state index contributed by atoms with van der Waals surface area (Å²) < 4.78 is 11.4. The minimum absolute atomic E-state index is 0.0112. The number of rotatable bonds is 2. The molecule has 0 unspecified atom stereocenters. The maximum absolute atomic E-state index is 12.9. The molecule has 0 aliphatic carbocycles. The van der Waals surface area contributed by atoms with Crippen molar-refractivity contribution in [1.29, 1.82) is 0 Å². The number of likely N-dealkylation sites (tertiary alicyclic amines) is 1. The number of amides is 2. The number of para-hydroxylation sites is 1. The molecular formula is C20H26N2O4. The molecular weight excluding hydrogens is 332 g/mol. The Morgan fingerprint density at radius 2 is 1.88 bits per heavy atom. The van der Waals surface area contributed by atoms with Gasteiger partial charge in [-0.25, -0.2) is 0 Å². The molecule has 1 aromatic carbocycles. The van der Waals surface area contributed by atoms with Gasteiger partial charge in [0.05, 0.1) is 12.6 Å². The van der Waals surface area contributed by atoms with E-state index in [2.05, 4.69) is 0 Å². The van der Waals surface area contributed by atoms with Crippen molar-refractivity contribution in [2.45, 2.75) is 37.8 Å². The van der Waals surface area contributed by atoms with Gasteiger partial charge in [0, 0.05) is 31.4 Å². The van der Waals surface area contributed by atoms with Crippen molar-refractivity contribution in [2.75, 3.05) is 37.8 Å². The summed E-state index contributed by atoms with van der Waals surface area (Å²) in [7, 11) is 0. The Labute approximate surface area is 154 Å². The van der Waals surface area contributed by atoms with Crippen molar-refractivity contribution in [3.05, 3.63) is 30.3 Å². The van der Waals surface area contributed by atoms with Crippen LogP contribution in [0.25, 0.3) is 0 Å². The van der Waals surface area contributed by atoms with Gasteiger partial charge in [-0.2, -0.15) is 0 Å². The predicted molar refractivity (Wildman–Crippen MR) is 96.8 cm³/mol. The lowest BCUT2D eigenvalue weighted by molar-refractivity contribution is -0.161. The lowest BCUT2D eigenvalue weighted by Crippen LogP contribution is -2.68. The van der Waals surface area contributed by atoms with Crippen molar-refractivity contribution in [3.8, 4) is 0 Å². The van der Waals surface area contributed by atoms with E-state index in [0.717, 1.165) is 24.9 Å². The number of hydrogen-bond acceptors (Lipinski definition) is 4. The van der Waals surface area contributed by atoms with Crippen LogP contribution in [0.3, 0.4) is 0 Å². The van der Waals surface area contributed by atoms with Gasteiger partial charge in [0.1, 0.15) is 12.2 Å². The Kier molecular flexibility index (Phi) is 4.71. The zero-order chi connectivity index (χ0) is 18.1. The van der Waals surface area contributed by atoms with Gasteiger partial charge < -0.3 is 19.3 Å². The van der Waals surface area contributed by atoms with Crippen molar-refractivity contribution < 1.29 is 19.1 Å². The fraction of sp³-hybridized carbons (Fsp3) is 0.600. The summed E-state index contributed by atoms with van der Waals surface area (Å²) in [5, 5.41) is 0. The molecule has 3 fully saturated rings. The van der Waals surface area contributed by atoms with Crippen molar-refractivity contribution >= 4 is 17.5 Å². The molecule has 26 heavy (non-hydrogen) atoms. The first-order chi connectivity index (χ1) is 12.6. The monoisotopic (exact) mass is 358 g/mol. The quantitative estimate of drug-likeness (QED) is 0.809. The van der Waals surface area contributed by atoms with E-state index in [9.17, 15) is 9.59 Å². The van der Waals surface area contributed by atoms with Crippen LogP contribution >= 0.6 is 0 Å². The predicted octanol–water partition coefficient (Wildman–Crippen LogP) is 1.84. The van der Waals surface area contributed by atoms with Crippen molar-refractivity contribution in [2.24, 2.45) is 5.92 Å². The number of piperidine rings is 1. The maximum atomic E-state index is 12.9. The molecule has 1 aromatic rings. The molecule has 3 saturated heterocycles. The molecule has 4 rings (SSSR count). The summed E-state index contributed by atoms with van der Waals surface area (Å²) in [6.45, 7) is 4.61. The van der Waals surface area contributed by atoms with Crippen LogP contribution in [0.15, 0.2) is 30.3 Å². The largest absolute Gasteiger partial charge is 0.381 e. The SMILES string of the molecule is C[C@@]12CN(C(=O)C3CCOCC3)CC[C@H]1N(c1ccccc1)C(=O)CO2. The first-order valence-corrected chi connectivity index (χ1v) is 9.46. The molecule has 0 bridgehead atoms. The van der Waals surface area contributed by atoms with Gasteiger partial charge in [-0.15, -0.1) is 0 Å². The Hall–Kier alpha value is -1.92. The second kappa shape index (κ2) is 7.00. The van der Waals surface area contributed by atoms with Crippen LogP contribution in [0.2, 0.25) is 0 Å². The summed E-state index contributed by atoms with van der Waals surface area (Å²) in [6, 6.07) is 9.71. The highest BCUT2D eigenvalue weighted by molar-refractivity contribution is 5.96. The first-order valence-electron chi connectivity index (χ1n) is 9.46. The van der Waals surface area contributed by atoms with Gasteiger partial charge in [0.15, 0.2) is 0 Å². The molecule has 140 valence electrons. The molecule has 3 heterocycles. The highest BCUT2D eigenvalue weighted by Gasteiger charge is 2.50. The lowest BCUT2D eigenvalue weighted by Gasteiger charge is -2.53. The van der Waals surface area contributed by atoms with E-state index in [0.29, 0.717) is 26.3 Å². The second-order valence-corrected chi connectivity index (χ2v) is 7.65. The van der Waals surface area contributed by atoms with Crippen molar-refractivity contribution in [1.82, 2.24) is 4.90 Å². The fourth-order valence-corrected chi connectivity index (χ4v) is 4.46. The molecule has 0 aromatic heterocycles.